The smallest absolute Gasteiger partial charge is 0.231 e. The molecule has 0 bridgehead atoms. The van der Waals surface area contributed by atoms with Gasteiger partial charge in [0.15, 0.2) is 28.6 Å². The summed E-state index contributed by atoms with van der Waals surface area (Å²) >= 11 is 0. The number of benzene rings is 2. The molecular formula is C22H20N4O4. The predicted molar refractivity (Wildman–Crippen MR) is 111 cm³/mol. The Hall–Kier alpha value is -3.94. The van der Waals surface area contributed by atoms with E-state index in [2.05, 4.69) is 10.3 Å². The van der Waals surface area contributed by atoms with Gasteiger partial charge in [0, 0.05) is 12.1 Å². The number of hydrogen-bond acceptors (Lipinski definition) is 7. The first-order valence-electron chi connectivity index (χ1n) is 9.45. The van der Waals surface area contributed by atoms with Crippen molar-refractivity contribution in [3.8, 4) is 34.3 Å². The lowest BCUT2D eigenvalue weighted by atomic mass is 10.1. The number of ether oxygens (including phenoxy) is 4. The van der Waals surface area contributed by atoms with Gasteiger partial charge in [-0.2, -0.15) is 0 Å². The van der Waals surface area contributed by atoms with Crippen molar-refractivity contribution in [2.45, 2.75) is 6.54 Å². The Labute approximate surface area is 173 Å². The van der Waals surface area contributed by atoms with E-state index in [1.807, 2.05) is 53.0 Å². The van der Waals surface area contributed by atoms with E-state index in [9.17, 15) is 0 Å². The zero-order valence-corrected chi connectivity index (χ0v) is 16.6. The lowest BCUT2D eigenvalue weighted by Crippen LogP contribution is -2.04. The van der Waals surface area contributed by atoms with Crippen LogP contribution in [-0.4, -0.2) is 35.6 Å². The van der Waals surface area contributed by atoms with E-state index in [4.69, 9.17) is 24.0 Å². The molecule has 0 saturated heterocycles. The number of methoxy groups -OCH3 is 2. The van der Waals surface area contributed by atoms with Crippen molar-refractivity contribution < 1.29 is 18.9 Å². The molecule has 0 spiro atoms. The lowest BCUT2D eigenvalue weighted by Gasteiger charge is -2.10. The first-order valence-corrected chi connectivity index (χ1v) is 9.45. The van der Waals surface area contributed by atoms with E-state index in [1.54, 1.807) is 20.4 Å². The van der Waals surface area contributed by atoms with E-state index in [0.29, 0.717) is 18.0 Å². The fraction of sp³-hybridized carbons (Fsp3) is 0.182. The van der Waals surface area contributed by atoms with Crippen molar-refractivity contribution in [3.05, 3.63) is 60.3 Å². The summed E-state index contributed by atoms with van der Waals surface area (Å²) in [4.78, 5) is 4.46. The van der Waals surface area contributed by atoms with Gasteiger partial charge in [0.25, 0.3) is 0 Å². The molecule has 2 aromatic carbocycles. The molecule has 0 saturated carbocycles. The zero-order chi connectivity index (χ0) is 20.5. The number of hydrogen-bond donors (Lipinski definition) is 1. The van der Waals surface area contributed by atoms with Crippen molar-refractivity contribution in [1.29, 1.82) is 0 Å². The van der Waals surface area contributed by atoms with Gasteiger partial charge in [0.2, 0.25) is 6.79 Å². The normalized spacial score (nSPS) is 12.2. The summed E-state index contributed by atoms with van der Waals surface area (Å²) in [5.74, 6) is 3.61. The number of fused-ring (bicyclic) bond motifs is 2. The Morgan fingerprint density at radius 2 is 1.83 bits per heavy atom. The van der Waals surface area contributed by atoms with Crippen LogP contribution in [0.2, 0.25) is 0 Å². The summed E-state index contributed by atoms with van der Waals surface area (Å²) < 4.78 is 23.4. The molecule has 2 aromatic heterocycles. The average molecular weight is 404 g/mol. The molecule has 0 amide bonds. The highest BCUT2D eigenvalue weighted by Gasteiger charge is 2.14. The highest BCUT2D eigenvalue weighted by atomic mass is 16.7. The van der Waals surface area contributed by atoms with E-state index in [-0.39, 0.29) is 6.79 Å². The predicted octanol–water partition coefficient (Wildman–Crippen LogP) is 3.75. The van der Waals surface area contributed by atoms with E-state index >= 15 is 0 Å². The van der Waals surface area contributed by atoms with Crippen LogP contribution in [0.4, 0.5) is 5.82 Å². The first kappa shape index (κ1) is 18.1. The van der Waals surface area contributed by atoms with Crippen LogP contribution in [-0.2, 0) is 6.54 Å². The van der Waals surface area contributed by atoms with Gasteiger partial charge in [0.05, 0.1) is 26.1 Å². The van der Waals surface area contributed by atoms with Gasteiger partial charge < -0.3 is 24.3 Å². The van der Waals surface area contributed by atoms with Gasteiger partial charge in [-0.25, -0.2) is 9.50 Å². The maximum absolute atomic E-state index is 5.44. The third kappa shape index (κ3) is 3.22. The standard InChI is InChI=1S/C22H20N4O4/c1-27-17-6-4-15(10-19(17)28-2)16-12-24-22-8-7-21(25-26(16)22)23-11-14-3-5-18-20(9-14)30-13-29-18/h3-10,12H,11,13H2,1-2H3,(H,23,25). The number of anilines is 1. The number of imidazole rings is 1. The quantitative estimate of drug-likeness (QED) is 0.524. The van der Waals surface area contributed by atoms with Crippen molar-refractivity contribution in [2.24, 2.45) is 0 Å². The molecule has 1 aliphatic rings. The molecule has 8 heteroatoms. The van der Waals surface area contributed by atoms with Gasteiger partial charge in [-0.1, -0.05) is 6.07 Å². The van der Waals surface area contributed by atoms with Crippen LogP contribution >= 0.6 is 0 Å². The second-order valence-corrected chi connectivity index (χ2v) is 6.74. The fourth-order valence-corrected chi connectivity index (χ4v) is 3.40. The van der Waals surface area contributed by atoms with Crippen LogP contribution in [0.3, 0.4) is 0 Å². The molecule has 5 rings (SSSR count). The number of aromatic nitrogens is 3. The van der Waals surface area contributed by atoms with Crippen LogP contribution in [0.5, 0.6) is 23.0 Å². The topological polar surface area (TPSA) is 79.1 Å². The zero-order valence-electron chi connectivity index (χ0n) is 16.6. The Morgan fingerprint density at radius 1 is 0.967 bits per heavy atom. The van der Waals surface area contributed by atoms with Gasteiger partial charge in [0.1, 0.15) is 5.82 Å². The monoisotopic (exact) mass is 404 g/mol. The summed E-state index contributed by atoms with van der Waals surface area (Å²) in [5.41, 5.74) is 3.62. The number of nitrogens with zero attached hydrogens (tertiary/aromatic N) is 3. The average Bonchev–Trinajstić information content (AvgIpc) is 3.43. The SMILES string of the molecule is COc1ccc(-c2cnc3ccc(NCc4ccc5c(c4)OCO5)nn23)cc1OC. The Kier molecular flexibility index (Phi) is 4.51. The third-order valence-corrected chi connectivity index (χ3v) is 4.95. The van der Waals surface area contributed by atoms with Crippen LogP contribution in [0.25, 0.3) is 16.9 Å². The maximum Gasteiger partial charge on any atom is 0.231 e. The molecular weight excluding hydrogens is 384 g/mol. The van der Waals surface area contributed by atoms with Crippen molar-refractivity contribution >= 4 is 11.5 Å². The van der Waals surface area contributed by atoms with Crippen molar-refractivity contribution in [1.82, 2.24) is 14.6 Å². The fourth-order valence-electron chi connectivity index (χ4n) is 3.40. The summed E-state index contributed by atoms with van der Waals surface area (Å²) in [6.07, 6.45) is 1.80. The first-order chi connectivity index (χ1) is 14.7. The minimum atomic E-state index is 0.268. The highest BCUT2D eigenvalue weighted by molar-refractivity contribution is 5.67. The molecule has 3 heterocycles. The molecule has 0 aliphatic carbocycles. The molecule has 0 unspecified atom stereocenters. The van der Waals surface area contributed by atoms with E-state index in [0.717, 1.165) is 39.8 Å². The second-order valence-electron chi connectivity index (χ2n) is 6.74. The Bertz CT molecular complexity index is 1220. The van der Waals surface area contributed by atoms with Crippen molar-refractivity contribution in [2.75, 3.05) is 26.3 Å². The van der Waals surface area contributed by atoms with Crippen LogP contribution < -0.4 is 24.3 Å². The van der Waals surface area contributed by atoms with E-state index in [1.165, 1.54) is 0 Å². The summed E-state index contributed by atoms with van der Waals surface area (Å²) in [6, 6.07) is 15.5. The second kappa shape index (κ2) is 7.47. The molecule has 1 N–H and O–H groups in total. The van der Waals surface area contributed by atoms with E-state index < -0.39 is 0 Å². The van der Waals surface area contributed by atoms with Crippen LogP contribution in [0.15, 0.2) is 54.7 Å². The molecule has 4 aromatic rings. The van der Waals surface area contributed by atoms with Gasteiger partial charge >= 0.3 is 0 Å². The Balaban J connectivity index is 1.42. The van der Waals surface area contributed by atoms with Crippen molar-refractivity contribution in [3.63, 3.8) is 0 Å². The molecule has 152 valence electrons. The molecule has 0 fully saturated rings. The van der Waals surface area contributed by atoms with Gasteiger partial charge in [-0.05, 0) is 48.0 Å². The van der Waals surface area contributed by atoms with Gasteiger partial charge in [-0.15, -0.1) is 5.10 Å². The molecule has 1 aliphatic heterocycles. The van der Waals surface area contributed by atoms with Gasteiger partial charge in [-0.3, -0.25) is 0 Å². The van der Waals surface area contributed by atoms with Crippen LogP contribution in [0, 0.1) is 0 Å². The molecule has 0 radical (unpaired) electrons. The highest BCUT2D eigenvalue weighted by Crippen LogP contribution is 2.33. The largest absolute Gasteiger partial charge is 0.493 e. The lowest BCUT2D eigenvalue weighted by molar-refractivity contribution is 0.174. The number of rotatable bonds is 6. The minimum Gasteiger partial charge on any atom is -0.493 e. The minimum absolute atomic E-state index is 0.268. The number of nitrogens with one attached hydrogen (secondary N) is 1. The molecule has 0 atom stereocenters. The molecule has 30 heavy (non-hydrogen) atoms. The summed E-state index contributed by atoms with van der Waals surface area (Å²) in [6.45, 7) is 0.875. The summed E-state index contributed by atoms with van der Waals surface area (Å²) in [5, 5.41) is 8.06. The summed E-state index contributed by atoms with van der Waals surface area (Å²) in [7, 11) is 3.23. The van der Waals surface area contributed by atoms with Crippen LogP contribution in [0.1, 0.15) is 5.56 Å². The molecule has 8 nitrogen and oxygen atoms in total. The maximum atomic E-state index is 5.44. The third-order valence-electron chi connectivity index (χ3n) is 4.95. The Morgan fingerprint density at radius 3 is 2.70 bits per heavy atom.